The lowest BCUT2D eigenvalue weighted by Gasteiger charge is -2.31. The fraction of sp³-hybridized carbons (Fsp3) is 0.333. The second-order valence-electron chi connectivity index (χ2n) is 4.05. The Morgan fingerprint density at radius 2 is 2.11 bits per heavy atom. The number of hydrogen-bond donors (Lipinski definition) is 1. The zero-order valence-electron chi connectivity index (χ0n) is 9.81. The highest BCUT2D eigenvalue weighted by Crippen LogP contribution is 2.27. The van der Waals surface area contributed by atoms with Crippen LogP contribution in [0.5, 0.6) is 0 Å². The number of halogens is 2. The molecule has 5 nitrogen and oxygen atoms in total. The van der Waals surface area contributed by atoms with E-state index in [-0.39, 0.29) is 34.7 Å². The van der Waals surface area contributed by atoms with Gasteiger partial charge in [0, 0.05) is 6.54 Å². The molecule has 19 heavy (non-hydrogen) atoms. The van der Waals surface area contributed by atoms with Crippen molar-refractivity contribution >= 4 is 35.1 Å². The second-order valence-corrected chi connectivity index (χ2v) is 4.84. The maximum atomic E-state index is 12.3. The quantitative estimate of drug-likeness (QED) is 0.906. The molecule has 102 valence electrons. The van der Waals surface area contributed by atoms with Crippen LogP contribution in [0.25, 0.3) is 0 Å². The summed E-state index contributed by atoms with van der Waals surface area (Å²) in [6, 6.07) is 4.76. The van der Waals surface area contributed by atoms with Gasteiger partial charge in [0.2, 0.25) is 0 Å². The molecule has 0 bridgehead atoms. The molecule has 1 aliphatic heterocycles. The molecule has 1 fully saturated rings. The minimum atomic E-state index is -1.09. The van der Waals surface area contributed by atoms with Crippen LogP contribution in [-0.4, -0.2) is 47.7 Å². The van der Waals surface area contributed by atoms with E-state index in [4.69, 9.17) is 33.0 Å². The summed E-state index contributed by atoms with van der Waals surface area (Å²) in [5.41, 5.74) is 0.264. The van der Waals surface area contributed by atoms with Crippen molar-refractivity contribution < 1.29 is 19.4 Å². The molecule has 1 amide bonds. The Bertz CT molecular complexity index is 520. The average molecular weight is 304 g/mol. The Morgan fingerprint density at radius 3 is 2.79 bits per heavy atom. The van der Waals surface area contributed by atoms with E-state index < -0.39 is 12.1 Å². The Kier molecular flexibility index (Phi) is 4.29. The van der Waals surface area contributed by atoms with Crippen molar-refractivity contribution in [3.05, 3.63) is 33.8 Å². The number of nitrogens with zero attached hydrogens (tertiary/aromatic N) is 1. The van der Waals surface area contributed by atoms with Crippen LogP contribution in [0, 0.1) is 0 Å². The SMILES string of the molecule is O=C(O)[C@H]1CN(C(=O)c2cccc(Cl)c2Cl)CCO1. The molecule has 1 aromatic rings. The molecule has 7 heteroatoms. The molecule has 2 rings (SSSR count). The number of carboxylic acids is 1. The molecule has 1 heterocycles. The Balaban J connectivity index is 2.19. The molecule has 0 saturated carbocycles. The first kappa shape index (κ1) is 14.1. The number of ether oxygens (including phenoxy) is 1. The van der Waals surface area contributed by atoms with Gasteiger partial charge >= 0.3 is 5.97 Å². The number of carbonyl (C=O) groups is 2. The Morgan fingerprint density at radius 1 is 1.37 bits per heavy atom. The van der Waals surface area contributed by atoms with Crippen molar-refractivity contribution in [2.75, 3.05) is 19.7 Å². The van der Waals surface area contributed by atoms with Crippen LogP contribution in [0.15, 0.2) is 18.2 Å². The van der Waals surface area contributed by atoms with Crippen molar-refractivity contribution in [3.63, 3.8) is 0 Å². The lowest BCUT2D eigenvalue weighted by atomic mass is 10.1. The molecular weight excluding hydrogens is 293 g/mol. The number of hydrogen-bond acceptors (Lipinski definition) is 3. The summed E-state index contributed by atoms with van der Waals surface area (Å²) in [4.78, 5) is 24.5. The highest BCUT2D eigenvalue weighted by atomic mass is 35.5. The van der Waals surface area contributed by atoms with Gasteiger partial charge in [0.05, 0.1) is 28.8 Å². The second kappa shape index (κ2) is 5.77. The molecule has 0 aliphatic carbocycles. The monoisotopic (exact) mass is 303 g/mol. The molecule has 1 saturated heterocycles. The predicted molar refractivity (Wildman–Crippen MR) is 69.7 cm³/mol. The molecule has 1 aromatic carbocycles. The minimum Gasteiger partial charge on any atom is -0.479 e. The zero-order chi connectivity index (χ0) is 14.0. The van der Waals surface area contributed by atoms with Crippen molar-refractivity contribution in [2.24, 2.45) is 0 Å². The van der Waals surface area contributed by atoms with Gasteiger partial charge in [0.25, 0.3) is 5.91 Å². The van der Waals surface area contributed by atoms with Crippen molar-refractivity contribution in [2.45, 2.75) is 6.10 Å². The maximum Gasteiger partial charge on any atom is 0.334 e. The summed E-state index contributed by atoms with van der Waals surface area (Å²) in [7, 11) is 0. The molecule has 0 unspecified atom stereocenters. The number of aliphatic carboxylic acids is 1. The average Bonchev–Trinajstić information content (AvgIpc) is 2.41. The smallest absolute Gasteiger partial charge is 0.334 e. The van der Waals surface area contributed by atoms with Gasteiger partial charge in [0.1, 0.15) is 0 Å². The van der Waals surface area contributed by atoms with E-state index in [1.165, 1.54) is 4.90 Å². The third kappa shape index (κ3) is 3.00. The van der Waals surface area contributed by atoms with Gasteiger partial charge in [-0.3, -0.25) is 4.79 Å². The van der Waals surface area contributed by atoms with Gasteiger partial charge in [0.15, 0.2) is 6.10 Å². The summed E-state index contributed by atoms with van der Waals surface area (Å²) in [5.74, 6) is -1.43. The van der Waals surface area contributed by atoms with E-state index in [0.29, 0.717) is 6.54 Å². The number of morpholine rings is 1. The third-order valence-electron chi connectivity index (χ3n) is 2.81. The molecular formula is C12H11Cl2NO4. The predicted octanol–water partition coefficient (Wildman–Crippen LogP) is 1.92. The third-order valence-corrected chi connectivity index (χ3v) is 3.63. The van der Waals surface area contributed by atoms with Gasteiger partial charge in [-0.25, -0.2) is 4.79 Å². The molecule has 1 aliphatic rings. The van der Waals surface area contributed by atoms with Crippen molar-refractivity contribution in [3.8, 4) is 0 Å². The van der Waals surface area contributed by atoms with Gasteiger partial charge in [-0.05, 0) is 12.1 Å². The number of carboxylic acid groups (broad SMARTS) is 1. The summed E-state index contributed by atoms with van der Waals surface area (Å²) in [5, 5.41) is 9.36. The summed E-state index contributed by atoms with van der Waals surface area (Å²) in [6.45, 7) is 0.503. The molecule has 0 spiro atoms. The highest BCUT2D eigenvalue weighted by Gasteiger charge is 2.30. The maximum absolute atomic E-state index is 12.3. The Hall–Kier alpha value is -1.30. The fourth-order valence-corrected chi connectivity index (χ4v) is 2.20. The van der Waals surface area contributed by atoms with E-state index in [9.17, 15) is 9.59 Å². The number of benzene rings is 1. The Labute approximate surface area is 119 Å². The number of rotatable bonds is 2. The number of carbonyl (C=O) groups excluding carboxylic acids is 1. The molecule has 0 aromatic heterocycles. The van der Waals surface area contributed by atoms with Crippen LogP contribution in [-0.2, 0) is 9.53 Å². The minimum absolute atomic E-state index is 0.00297. The van der Waals surface area contributed by atoms with E-state index in [0.717, 1.165) is 0 Å². The fourth-order valence-electron chi connectivity index (χ4n) is 1.82. The van der Waals surface area contributed by atoms with Crippen LogP contribution in [0.2, 0.25) is 10.0 Å². The van der Waals surface area contributed by atoms with Crippen molar-refractivity contribution in [1.82, 2.24) is 4.90 Å². The zero-order valence-corrected chi connectivity index (χ0v) is 11.3. The first-order valence-electron chi connectivity index (χ1n) is 5.58. The van der Waals surface area contributed by atoms with Crippen LogP contribution in [0.3, 0.4) is 0 Å². The highest BCUT2D eigenvalue weighted by molar-refractivity contribution is 6.43. The van der Waals surface area contributed by atoms with E-state index in [1.54, 1.807) is 18.2 Å². The first-order chi connectivity index (χ1) is 9.00. The lowest BCUT2D eigenvalue weighted by molar-refractivity contribution is -0.154. The van der Waals surface area contributed by atoms with Gasteiger partial charge in [-0.15, -0.1) is 0 Å². The molecule has 1 N–H and O–H groups in total. The van der Waals surface area contributed by atoms with Crippen LogP contribution in [0.4, 0.5) is 0 Å². The number of amides is 1. The van der Waals surface area contributed by atoms with Crippen LogP contribution >= 0.6 is 23.2 Å². The topological polar surface area (TPSA) is 66.8 Å². The first-order valence-corrected chi connectivity index (χ1v) is 6.34. The normalized spacial score (nSPS) is 19.3. The van der Waals surface area contributed by atoms with Crippen LogP contribution < -0.4 is 0 Å². The summed E-state index contributed by atoms with van der Waals surface area (Å²) >= 11 is 11.8. The summed E-state index contributed by atoms with van der Waals surface area (Å²) in [6.07, 6.45) is -1.00. The van der Waals surface area contributed by atoms with Gasteiger partial charge in [-0.1, -0.05) is 29.3 Å². The molecule has 1 atom stereocenters. The largest absolute Gasteiger partial charge is 0.479 e. The van der Waals surface area contributed by atoms with Crippen LogP contribution in [0.1, 0.15) is 10.4 Å². The van der Waals surface area contributed by atoms with Gasteiger partial charge < -0.3 is 14.7 Å². The standard InChI is InChI=1S/C12H11Cl2NO4/c13-8-3-1-2-7(10(8)14)11(16)15-4-5-19-9(6-15)12(17)18/h1-3,9H,4-6H2,(H,17,18)/t9-/m1/s1. The lowest BCUT2D eigenvalue weighted by Crippen LogP contribution is -2.48. The summed E-state index contributed by atoms with van der Waals surface area (Å²) < 4.78 is 5.06. The molecule has 0 radical (unpaired) electrons. The van der Waals surface area contributed by atoms with Crippen molar-refractivity contribution in [1.29, 1.82) is 0 Å². The van der Waals surface area contributed by atoms with Gasteiger partial charge in [-0.2, -0.15) is 0 Å². The van der Waals surface area contributed by atoms with E-state index >= 15 is 0 Å². The van der Waals surface area contributed by atoms with E-state index in [1.807, 2.05) is 0 Å². The van der Waals surface area contributed by atoms with E-state index in [2.05, 4.69) is 0 Å².